The van der Waals surface area contributed by atoms with Gasteiger partial charge in [0.15, 0.2) is 5.78 Å². The fraction of sp³-hybridized carbons (Fsp3) is 0.889. The van der Waals surface area contributed by atoms with Crippen LogP contribution in [0.15, 0.2) is 0 Å². The van der Waals surface area contributed by atoms with Crippen molar-refractivity contribution in [2.24, 2.45) is 11.8 Å². The van der Waals surface area contributed by atoms with Crippen molar-refractivity contribution in [3.63, 3.8) is 0 Å². The molecule has 0 aromatic rings. The minimum Gasteiger partial charge on any atom is -0.298 e. The number of Topliss-reactive ketones (excluding diaryl/α,β-unsaturated/α-hetero) is 1. The van der Waals surface area contributed by atoms with Crippen LogP contribution in [-0.4, -0.2) is 18.1 Å². The molecular formula is C9H12F6O. The van der Waals surface area contributed by atoms with Crippen molar-refractivity contribution in [3.05, 3.63) is 0 Å². The summed E-state index contributed by atoms with van der Waals surface area (Å²) in [5.41, 5.74) is 0. The average Bonchev–Trinajstić information content (AvgIpc) is 1.98. The molecule has 0 aliphatic carbocycles. The Morgan fingerprint density at radius 1 is 1.06 bits per heavy atom. The van der Waals surface area contributed by atoms with Gasteiger partial charge < -0.3 is 0 Å². The largest absolute Gasteiger partial charge is 0.407 e. The maximum atomic E-state index is 12.1. The van der Waals surface area contributed by atoms with Gasteiger partial charge in [-0.25, -0.2) is 0 Å². The third-order valence-corrected chi connectivity index (χ3v) is 2.15. The fourth-order valence-electron chi connectivity index (χ4n) is 1.37. The van der Waals surface area contributed by atoms with Gasteiger partial charge in [0.25, 0.3) is 0 Å². The van der Waals surface area contributed by atoms with Crippen LogP contribution in [0.1, 0.15) is 26.7 Å². The van der Waals surface area contributed by atoms with E-state index < -0.39 is 30.0 Å². The molecule has 0 fully saturated rings. The highest BCUT2D eigenvalue weighted by atomic mass is 19.4. The lowest BCUT2D eigenvalue weighted by atomic mass is 9.90. The molecule has 0 aliphatic rings. The van der Waals surface area contributed by atoms with E-state index >= 15 is 0 Å². The maximum Gasteiger partial charge on any atom is 0.407 e. The minimum atomic E-state index is -5.57. The van der Waals surface area contributed by atoms with Crippen LogP contribution in [0.4, 0.5) is 26.3 Å². The second-order valence-corrected chi connectivity index (χ2v) is 3.61. The van der Waals surface area contributed by atoms with Gasteiger partial charge in [-0.1, -0.05) is 20.3 Å². The maximum absolute atomic E-state index is 12.1. The van der Waals surface area contributed by atoms with Crippen LogP contribution < -0.4 is 0 Å². The van der Waals surface area contributed by atoms with E-state index in [4.69, 9.17) is 0 Å². The molecule has 1 nitrogen and oxygen atoms in total. The topological polar surface area (TPSA) is 17.1 Å². The van der Waals surface area contributed by atoms with Crippen LogP contribution in [0.25, 0.3) is 0 Å². The van der Waals surface area contributed by atoms with Crippen molar-refractivity contribution in [1.82, 2.24) is 0 Å². The Kier molecular flexibility index (Phi) is 4.82. The van der Waals surface area contributed by atoms with Crippen LogP contribution in [0.2, 0.25) is 0 Å². The smallest absolute Gasteiger partial charge is 0.298 e. The predicted octanol–water partition coefficient (Wildman–Crippen LogP) is 3.73. The Hall–Kier alpha value is -0.750. The molecule has 0 aliphatic heterocycles. The van der Waals surface area contributed by atoms with E-state index in [2.05, 4.69) is 0 Å². The number of ketones is 1. The average molecular weight is 250 g/mol. The summed E-state index contributed by atoms with van der Waals surface area (Å²) < 4.78 is 72.8. The van der Waals surface area contributed by atoms with Gasteiger partial charge in [0.05, 0.1) is 0 Å². The fourth-order valence-corrected chi connectivity index (χ4v) is 1.37. The van der Waals surface area contributed by atoms with E-state index in [1.165, 1.54) is 0 Å². The van der Waals surface area contributed by atoms with Gasteiger partial charge in [0, 0.05) is 5.92 Å². The standard InChI is InChI=1S/C9H12F6O/c1-3-4-5(2)6(16)7(8(10,11)12)9(13,14)15/h5,7H,3-4H2,1-2H3. The first-order valence-corrected chi connectivity index (χ1v) is 4.69. The summed E-state index contributed by atoms with van der Waals surface area (Å²) in [4.78, 5) is 11.1. The molecule has 7 heteroatoms. The number of carbonyl (C=O) groups excluding carboxylic acids is 1. The zero-order chi connectivity index (χ0) is 13.1. The third kappa shape index (κ3) is 4.02. The van der Waals surface area contributed by atoms with Crippen LogP contribution in [0, 0.1) is 11.8 Å². The molecule has 0 amide bonds. The number of hydrogen-bond donors (Lipinski definition) is 0. The van der Waals surface area contributed by atoms with Gasteiger partial charge in [-0.3, -0.25) is 4.79 Å². The highest BCUT2D eigenvalue weighted by Gasteiger charge is 2.61. The van der Waals surface area contributed by atoms with Crippen molar-refractivity contribution >= 4 is 5.78 Å². The monoisotopic (exact) mass is 250 g/mol. The third-order valence-electron chi connectivity index (χ3n) is 2.15. The number of rotatable bonds is 4. The van der Waals surface area contributed by atoms with E-state index in [1.807, 2.05) is 0 Å². The Labute approximate surface area is 88.8 Å². The zero-order valence-corrected chi connectivity index (χ0v) is 8.74. The number of halogens is 6. The first kappa shape index (κ1) is 15.2. The molecule has 0 bridgehead atoms. The molecule has 0 saturated carbocycles. The molecule has 16 heavy (non-hydrogen) atoms. The van der Waals surface area contributed by atoms with Gasteiger partial charge in [-0.2, -0.15) is 26.3 Å². The summed E-state index contributed by atoms with van der Waals surface area (Å²) in [6.07, 6.45) is -10.8. The van der Waals surface area contributed by atoms with E-state index in [9.17, 15) is 31.1 Å². The van der Waals surface area contributed by atoms with Crippen molar-refractivity contribution in [2.75, 3.05) is 0 Å². The molecule has 0 aromatic carbocycles. The van der Waals surface area contributed by atoms with E-state index in [1.54, 1.807) is 6.92 Å². The highest BCUT2D eigenvalue weighted by molar-refractivity contribution is 5.84. The highest BCUT2D eigenvalue weighted by Crippen LogP contribution is 2.41. The van der Waals surface area contributed by atoms with E-state index in [-0.39, 0.29) is 6.42 Å². The van der Waals surface area contributed by atoms with Crippen LogP contribution >= 0.6 is 0 Å². The van der Waals surface area contributed by atoms with Gasteiger partial charge in [0.1, 0.15) is 0 Å². The number of hydrogen-bond acceptors (Lipinski definition) is 1. The van der Waals surface area contributed by atoms with Crippen molar-refractivity contribution in [2.45, 2.75) is 39.0 Å². The summed E-state index contributed by atoms with van der Waals surface area (Å²) in [6.45, 7) is 2.66. The lowest BCUT2D eigenvalue weighted by Gasteiger charge is -2.24. The second-order valence-electron chi connectivity index (χ2n) is 3.61. The molecule has 1 atom stereocenters. The van der Waals surface area contributed by atoms with Crippen molar-refractivity contribution in [3.8, 4) is 0 Å². The van der Waals surface area contributed by atoms with Gasteiger partial charge in [-0.15, -0.1) is 0 Å². The first-order valence-electron chi connectivity index (χ1n) is 4.69. The van der Waals surface area contributed by atoms with Gasteiger partial charge >= 0.3 is 12.4 Å². The molecule has 0 radical (unpaired) electrons. The van der Waals surface area contributed by atoms with Gasteiger partial charge in [-0.05, 0) is 6.42 Å². The molecule has 96 valence electrons. The molecule has 0 saturated heterocycles. The SMILES string of the molecule is CCCC(C)C(=O)C(C(F)(F)F)C(F)(F)F. The molecule has 0 aromatic heterocycles. The Morgan fingerprint density at radius 3 is 1.69 bits per heavy atom. The molecule has 0 rings (SSSR count). The number of carbonyl (C=O) groups is 1. The zero-order valence-electron chi connectivity index (χ0n) is 8.74. The van der Waals surface area contributed by atoms with Crippen molar-refractivity contribution in [1.29, 1.82) is 0 Å². The van der Waals surface area contributed by atoms with Crippen molar-refractivity contribution < 1.29 is 31.1 Å². The Balaban J connectivity index is 5.00. The van der Waals surface area contributed by atoms with Crippen LogP contribution in [-0.2, 0) is 4.79 Å². The number of alkyl halides is 6. The summed E-state index contributed by atoms with van der Waals surface area (Å²) in [7, 11) is 0. The normalized spacial score (nSPS) is 15.3. The van der Waals surface area contributed by atoms with E-state index in [0.29, 0.717) is 6.42 Å². The first-order chi connectivity index (χ1) is 7.01. The van der Waals surface area contributed by atoms with E-state index in [0.717, 1.165) is 6.92 Å². The minimum absolute atomic E-state index is 0.0154. The molecule has 0 heterocycles. The molecule has 1 unspecified atom stereocenters. The summed E-state index contributed by atoms with van der Waals surface area (Å²) in [6, 6.07) is 0. The second kappa shape index (κ2) is 5.05. The lowest BCUT2D eigenvalue weighted by Crippen LogP contribution is -2.44. The van der Waals surface area contributed by atoms with Crippen LogP contribution in [0.3, 0.4) is 0 Å². The lowest BCUT2D eigenvalue weighted by molar-refractivity contribution is -0.274. The Bertz CT molecular complexity index is 227. The summed E-state index contributed by atoms with van der Waals surface area (Å²) in [5.74, 6) is -6.90. The summed E-state index contributed by atoms with van der Waals surface area (Å²) in [5, 5.41) is 0. The molecular weight excluding hydrogens is 238 g/mol. The molecule has 0 spiro atoms. The van der Waals surface area contributed by atoms with Gasteiger partial charge in [0.2, 0.25) is 5.92 Å². The Morgan fingerprint density at radius 2 is 1.44 bits per heavy atom. The summed E-state index contributed by atoms with van der Waals surface area (Å²) >= 11 is 0. The quantitative estimate of drug-likeness (QED) is 0.695. The molecule has 0 N–H and O–H groups in total. The predicted molar refractivity (Wildman–Crippen MR) is 44.7 cm³/mol. The van der Waals surface area contributed by atoms with Crippen LogP contribution in [0.5, 0.6) is 0 Å².